The van der Waals surface area contributed by atoms with Crippen molar-refractivity contribution in [3.8, 4) is 35.0 Å². The predicted octanol–water partition coefficient (Wildman–Crippen LogP) is 5.98. The van der Waals surface area contributed by atoms with Crippen LogP contribution in [0.1, 0.15) is 55.8 Å². The van der Waals surface area contributed by atoms with Gasteiger partial charge in [0.15, 0.2) is 5.82 Å². The molecular weight excluding hydrogens is 679 g/mol. The Hall–Kier alpha value is -5.84. The minimum absolute atomic E-state index is 0.00515. The fourth-order valence-corrected chi connectivity index (χ4v) is 8.09. The molecular formula is C35H32F2N10O3S. The number of nitrogen functional groups attached to an aromatic ring is 2. The highest BCUT2D eigenvalue weighted by Crippen LogP contribution is 2.48. The summed E-state index contributed by atoms with van der Waals surface area (Å²) >= 11 is 0.828. The van der Waals surface area contributed by atoms with Gasteiger partial charge in [0.25, 0.3) is 0 Å². The van der Waals surface area contributed by atoms with E-state index in [2.05, 4.69) is 30.3 Å². The summed E-state index contributed by atoms with van der Waals surface area (Å²) in [5.41, 5.74) is 12.0. The maximum absolute atomic E-state index is 17.2. The van der Waals surface area contributed by atoms with Gasteiger partial charge in [-0.25, -0.2) is 13.8 Å². The molecule has 2 fully saturated rings. The fraction of sp³-hybridized carbons (Fsp3) is 0.314. The monoisotopic (exact) mass is 710 g/mol. The standard InChI is InChI=1S/C35H32F2N10O3S/c1-3-50-46-18-12-35(9-5-11-47(35)15-18)16-49-34-44-28-26(33(45-34)43-17(2)19-6-4-10-42-31(19)40)29(48)21(13-38)24(27(28)37)20-7-8-23(36)30-25(20)22(14-39)32(41)51-30/h4,6-8,10,17,48H,3,5,9,11-12,15-16,41H2,1-2H3,(H2,40,42)(H,43,44,45)/b46-18-/t17-,35+/m1/s1. The Morgan fingerprint density at radius 2 is 1.98 bits per heavy atom. The number of pyridine rings is 1. The van der Waals surface area contributed by atoms with Gasteiger partial charge >= 0.3 is 6.01 Å². The second-order valence-corrected chi connectivity index (χ2v) is 13.5. The van der Waals surface area contributed by atoms with E-state index in [9.17, 15) is 20.0 Å². The quantitative estimate of drug-likeness (QED) is 0.130. The van der Waals surface area contributed by atoms with Gasteiger partial charge < -0.3 is 31.5 Å². The molecule has 6 N–H and O–H groups in total. The Labute approximate surface area is 294 Å². The number of ether oxygens (including phenoxy) is 1. The van der Waals surface area contributed by atoms with Crippen LogP contribution in [0.4, 0.5) is 25.4 Å². The van der Waals surface area contributed by atoms with Crippen LogP contribution in [-0.4, -0.2) is 62.5 Å². The van der Waals surface area contributed by atoms with Gasteiger partial charge in [-0.05, 0) is 50.9 Å². The number of halogens is 2. The largest absolute Gasteiger partial charge is 0.506 e. The Kier molecular flexibility index (Phi) is 8.66. The van der Waals surface area contributed by atoms with Gasteiger partial charge in [-0.3, -0.25) is 4.90 Å². The number of phenols is 1. The van der Waals surface area contributed by atoms with Crippen LogP contribution < -0.4 is 21.5 Å². The number of nitriles is 2. The summed E-state index contributed by atoms with van der Waals surface area (Å²) < 4.78 is 38.4. The second kappa shape index (κ2) is 13.1. The molecule has 16 heteroatoms. The molecule has 260 valence electrons. The molecule has 3 aromatic heterocycles. The van der Waals surface area contributed by atoms with Crippen LogP contribution in [0, 0.1) is 34.3 Å². The lowest BCUT2D eigenvalue weighted by Gasteiger charge is -2.30. The first-order valence-corrected chi connectivity index (χ1v) is 17.0. The van der Waals surface area contributed by atoms with Crippen molar-refractivity contribution in [1.29, 1.82) is 10.5 Å². The molecule has 7 rings (SSSR count). The fourth-order valence-electron chi connectivity index (χ4n) is 7.14. The van der Waals surface area contributed by atoms with Crippen LogP contribution >= 0.6 is 11.3 Å². The minimum atomic E-state index is -1.02. The number of oxime groups is 1. The molecule has 13 nitrogen and oxygen atoms in total. The lowest BCUT2D eigenvalue weighted by Crippen LogP contribution is -2.43. The summed E-state index contributed by atoms with van der Waals surface area (Å²) in [6, 6.07) is 8.91. The molecule has 5 heterocycles. The van der Waals surface area contributed by atoms with Gasteiger partial charge in [0.2, 0.25) is 0 Å². The van der Waals surface area contributed by atoms with E-state index in [1.54, 1.807) is 25.3 Å². The number of aromatic nitrogens is 3. The molecule has 5 aromatic rings. The van der Waals surface area contributed by atoms with E-state index >= 15 is 4.39 Å². The normalized spacial score (nSPS) is 18.5. The number of phenolic OH excluding ortho intramolecular Hbond substituents is 1. The molecule has 0 saturated carbocycles. The Morgan fingerprint density at radius 3 is 2.73 bits per heavy atom. The molecule has 2 aliphatic heterocycles. The Balaban J connectivity index is 1.41. The van der Waals surface area contributed by atoms with Crippen LogP contribution in [0.2, 0.25) is 0 Å². The summed E-state index contributed by atoms with van der Waals surface area (Å²) in [5, 5.41) is 39.3. The zero-order valence-electron chi connectivity index (χ0n) is 27.6. The van der Waals surface area contributed by atoms with Crippen molar-refractivity contribution in [2.75, 3.05) is 43.1 Å². The number of fused-ring (bicyclic) bond motifs is 3. The number of nitrogens with one attached hydrogen (secondary N) is 1. The average molecular weight is 711 g/mol. The number of aromatic hydroxyl groups is 1. The number of benzene rings is 2. The topological polar surface area (TPSA) is 205 Å². The van der Waals surface area contributed by atoms with E-state index in [0.717, 1.165) is 42.5 Å². The van der Waals surface area contributed by atoms with Crippen molar-refractivity contribution in [2.24, 2.45) is 5.16 Å². The molecule has 0 amide bonds. The number of thiophene rings is 1. The molecule has 0 radical (unpaired) electrons. The zero-order valence-corrected chi connectivity index (χ0v) is 28.4. The second-order valence-electron chi connectivity index (χ2n) is 12.5. The number of nitrogens with two attached hydrogens (primary N) is 2. The summed E-state index contributed by atoms with van der Waals surface area (Å²) in [7, 11) is 0. The van der Waals surface area contributed by atoms with Crippen molar-refractivity contribution in [1.82, 2.24) is 19.9 Å². The molecule has 0 spiro atoms. The summed E-state index contributed by atoms with van der Waals surface area (Å²) in [4.78, 5) is 20.8. The molecule has 0 aliphatic carbocycles. The summed E-state index contributed by atoms with van der Waals surface area (Å²) in [6.45, 7) is 5.73. The van der Waals surface area contributed by atoms with Crippen molar-refractivity contribution in [3.63, 3.8) is 0 Å². The molecule has 51 heavy (non-hydrogen) atoms. The first-order valence-electron chi connectivity index (χ1n) is 16.2. The molecule has 2 atom stereocenters. The molecule has 2 saturated heterocycles. The molecule has 2 aromatic carbocycles. The maximum atomic E-state index is 17.2. The van der Waals surface area contributed by atoms with E-state index in [1.165, 1.54) is 6.07 Å². The minimum Gasteiger partial charge on any atom is -0.506 e. The smallest absolute Gasteiger partial charge is 0.319 e. The number of hydrogen-bond donors (Lipinski definition) is 4. The lowest BCUT2D eigenvalue weighted by atomic mass is 9.92. The predicted molar refractivity (Wildman–Crippen MR) is 189 cm³/mol. The summed E-state index contributed by atoms with van der Waals surface area (Å²) in [5.74, 6) is -2.10. The maximum Gasteiger partial charge on any atom is 0.319 e. The van der Waals surface area contributed by atoms with Gasteiger partial charge in [-0.2, -0.15) is 20.5 Å². The summed E-state index contributed by atoms with van der Waals surface area (Å²) in [6.07, 6.45) is 3.93. The zero-order chi connectivity index (χ0) is 36.0. The van der Waals surface area contributed by atoms with Crippen molar-refractivity contribution < 1.29 is 23.5 Å². The van der Waals surface area contributed by atoms with Crippen molar-refractivity contribution in [3.05, 3.63) is 58.8 Å². The van der Waals surface area contributed by atoms with Crippen LogP contribution in [0.25, 0.3) is 32.1 Å². The van der Waals surface area contributed by atoms with Crippen LogP contribution in [0.5, 0.6) is 11.8 Å². The van der Waals surface area contributed by atoms with Gasteiger partial charge in [0.1, 0.15) is 64.6 Å². The first-order chi connectivity index (χ1) is 24.6. The Morgan fingerprint density at radius 1 is 1.18 bits per heavy atom. The number of nitrogens with zero attached hydrogens (tertiary/aromatic N) is 7. The SMILES string of the molecule is CCO/N=C1\CN2CCC[C@@]2(COc2nc(N[C@H](C)c3cccnc3N)c3c(O)c(C#N)c(-c4ccc(F)c5sc(N)c(C#N)c45)c(F)c3n2)C1. The highest BCUT2D eigenvalue weighted by molar-refractivity contribution is 7.23. The third kappa shape index (κ3) is 5.62. The third-order valence-corrected chi connectivity index (χ3v) is 10.5. The van der Waals surface area contributed by atoms with Crippen LogP contribution in [-0.2, 0) is 4.84 Å². The van der Waals surface area contributed by atoms with Gasteiger partial charge in [0.05, 0.1) is 32.9 Å². The van der Waals surface area contributed by atoms with Crippen LogP contribution in [0.3, 0.4) is 0 Å². The number of hydrogen-bond acceptors (Lipinski definition) is 14. The highest BCUT2D eigenvalue weighted by atomic mass is 32.1. The van der Waals surface area contributed by atoms with Crippen molar-refractivity contribution in [2.45, 2.75) is 44.7 Å². The third-order valence-electron chi connectivity index (χ3n) is 9.48. The van der Waals surface area contributed by atoms with Gasteiger partial charge in [-0.15, -0.1) is 11.3 Å². The average Bonchev–Trinajstić information content (AvgIpc) is 3.78. The van der Waals surface area contributed by atoms with Crippen LogP contribution in [0.15, 0.2) is 35.6 Å². The molecule has 0 unspecified atom stereocenters. The van der Waals surface area contributed by atoms with E-state index in [0.29, 0.717) is 25.1 Å². The Bertz CT molecular complexity index is 2340. The van der Waals surface area contributed by atoms with E-state index < -0.39 is 34.5 Å². The van der Waals surface area contributed by atoms with Gasteiger partial charge in [-0.1, -0.05) is 17.3 Å². The number of anilines is 3. The highest BCUT2D eigenvalue weighted by Gasteiger charge is 2.48. The van der Waals surface area contributed by atoms with E-state index in [4.69, 9.17) is 21.0 Å². The molecule has 0 bridgehead atoms. The van der Waals surface area contributed by atoms with E-state index in [1.807, 2.05) is 19.1 Å². The lowest BCUT2D eigenvalue weighted by molar-refractivity contribution is 0.108. The van der Waals surface area contributed by atoms with Gasteiger partial charge in [0, 0.05) is 35.7 Å². The first kappa shape index (κ1) is 33.6. The number of rotatable bonds is 9. The molecule has 2 aliphatic rings. The van der Waals surface area contributed by atoms with Crippen molar-refractivity contribution >= 4 is 54.7 Å². The van der Waals surface area contributed by atoms with E-state index in [-0.39, 0.29) is 66.9 Å².